The summed E-state index contributed by atoms with van der Waals surface area (Å²) in [6, 6.07) is 11.2. The number of likely N-dealkylation sites (tertiary alicyclic amines) is 1. The molecule has 2 aromatic rings. The smallest absolute Gasteiger partial charge is 0.285 e. The number of piperidine rings is 1. The molecule has 4 rings (SSSR count). The van der Waals surface area contributed by atoms with Gasteiger partial charge in [0.25, 0.3) is 10.0 Å². The molecule has 0 spiro atoms. The summed E-state index contributed by atoms with van der Waals surface area (Å²) in [6.07, 6.45) is 2.19. The minimum atomic E-state index is -3.78. The standard InChI is InChI=1S/C22H23ClN4O4S/c1-14-16(23)8-6-9-17(14)25-20(28)13-24-22(29)18-10-4-5-12-27(18)21-15-7-2-3-11-19(15)32(30,31)26-21/h2-3,6-9,11,18H,4-5,10,12-13H2,1H3,(H,24,29)(H,25,28)/t18-/m1/s1. The Labute approximate surface area is 191 Å². The topological polar surface area (TPSA) is 108 Å². The van der Waals surface area contributed by atoms with Gasteiger partial charge in [0.1, 0.15) is 10.9 Å². The van der Waals surface area contributed by atoms with Gasteiger partial charge in [0.15, 0.2) is 5.84 Å². The number of nitrogens with zero attached hydrogens (tertiary/aromatic N) is 2. The summed E-state index contributed by atoms with van der Waals surface area (Å²) in [5, 5.41) is 5.96. The van der Waals surface area contributed by atoms with E-state index in [0.717, 1.165) is 18.4 Å². The van der Waals surface area contributed by atoms with Gasteiger partial charge in [-0.3, -0.25) is 9.59 Å². The fourth-order valence-corrected chi connectivity index (χ4v) is 5.37. The van der Waals surface area contributed by atoms with Gasteiger partial charge in [0.05, 0.1) is 6.54 Å². The van der Waals surface area contributed by atoms with Crippen LogP contribution in [-0.2, 0) is 19.6 Å². The first-order valence-electron chi connectivity index (χ1n) is 10.3. The number of anilines is 1. The molecule has 0 bridgehead atoms. The molecule has 8 nitrogen and oxygen atoms in total. The molecule has 0 radical (unpaired) electrons. The van der Waals surface area contributed by atoms with Crippen LogP contribution in [0.4, 0.5) is 5.69 Å². The van der Waals surface area contributed by atoms with Crippen molar-refractivity contribution in [2.24, 2.45) is 4.40 Å². The van der Waals surface area contributed by atoms with Gasteiger partial charge in [-0.15, -0.1) is 4.40 Å². The summed E-state index contributed by atoms with van der Waals surface area (Å²) in [4.78, 5) is 27.2. The Morgan fingerprint density at radius 1 is 1.16 bits per heavy atom. The molecule has 0 saturated carbocycles. The molecule has 32 heavy (non-hydrogen) atoms. The number of nitrogens with one attached hydrogen (secondary N) is 2. The van der Waals surface area contributed by atoms with E-state index in [0.29, 0.717) is 35.1 Å². The maximum atomic E-state index is 13.0. The second-order valence-electron chi connectivity index (χ2n) is 7.77. The molecular formula is C22H23ClN4O4S. The second kappa shape index (κ2) is 8.91. The minimum Gasteiger partial charge on any atom is -0.345 e. The number of hydrogen-bond donors (Lipinski definition) is 2. The van der Waals surface area contributed by atoms with E-state index in [9.17, 15) is 18.0 Å². The van der Waals surface area contributed by atoms with Crippen LogP contribution in [0.3, 0.4) is 0 Å². The molecule has 2 amide bonds. The monoisotopic (exact) mass is 474 g/mol. The SMILES string of the molecule is Cc1c(Cl)cccc1NC(=O)CNC(=O)[C@H]1CCCCN1C1=NS(=O)(=O)c2ccccc21. The predicted octanol–water partition coefficient (Wildman–Crippen LogP) is 2.71. The van der Waals surface area contributed by atoms with Crippen LogP contribution in [0.2, 0.25) is 5.02 Å². The van der Waals surface area contributed by atoms with Gasteiger partial charge in [0.2, 0.25) is 11.8 Å². The first-order valence-corrected chi connectivity index (χ1v) is 12.1. The number of amides is 2. The quantitative estimate of drug-likeness (QED) is 0.708. The van der Waals surface area contributed by atoms with Crippen LogP contribution in [0.5, 0.6) is 0 Å². The molecule has 2 N–H and O–H groups in total. The van der Waals surface area contributed by atoms with Crippen LogP contribution in [0.1, 0.15) is 30.4 Å². The van der Waals surface area contributed by atoms with E-state index in [1.54, 1.807) is 48.2 Å². The molecule has 1 fully saturated rings. The number of benzene rings is 2. The van der Waals surface area contributed by atoms with E-state index >= 15 is 0 Å². The number of rotatable bonds is 4. The third-order valence-electron chi connectivity index (χ3n) is 5.65. The normalized spacial score (nSPS) is 19.1. The van der Waals surface area contributed by atoms with Crippen molar-refractivity contribution in [2.45, 2.75) is 37.1 Å². The zero-order chi connectivity index (χ0) is 22.9. The van der Waals surface area contributed by atoms with Crippen LogP contribution >= 0.6 is 11.6 Å². The van der Waals surface area contributed by atoms with Crippen LogP contribution in [0.15, 0.2) is 51.8 Å². The Bertz CT molecular complexity index is 1210. The molecule has 2 heterocycles. The van der Waals surface area contributed by atoms with Crippen molar-refractivity contribution in [2.75, 3.05) is 18.4 Å². The summed E-state index contributed by atoms with van der Waals surface area (Å²) < 4.78 is 28.8. The predicted molar refractivity (Wildman–Crippen MR) is 122 cm³/mol. The number of carbonyl (C=O) groups excluding carboxylic acids is 2. The van der Waals surface area contributed by atoms with Gasteiger partial charge in [-0.05, 0) is 56.0 Å². The Morgan fingerprint density at radius 3 is 2.75 bits per heavy atom. The fourth-order valence-electron chi connectivity index (χ4n) is 3.98. The lowest BCUT2D eigenvalue weighted by Gasteiger charge is -2.36. The van der Waals surface area contributed by atoms with Crippen LogP contribution in [-0.4, -0.2) is 50.1 Å². The molecule has 0 unspecified atom stereocenters. The van der Waals surface area contributed by atoms with Crippen molar-refractivity contribution in [1.29, 1.82) is 0 Å². The summed E-state index contributed by atoms with van der Waals surface area (Å²) in [5.41, 5.74) is 1.82. The van der Waals surface area contributed by atoms with Gasteiger partial charge in [0, 0.05) is 22.8 Å². The molecule has 0 aromatic heterocycles. The Kier molecular flexibility index (Phi) is 6.21. The number of fused-ring (bicyclic) bond motifs is 1. The van der Waals surface area contributed by atoms with Crippen molar-refractivity contribution in [3.63, 3.8) is 0 Å². The zero-order valence-electron chi connectivity index (χ0n) is 17.5. The summed E-state index contributed by atoms with van der Waals surface area (Å²) in [7, 11) is -3.78. The second-order valence-corrected chi connectivity index (χ2v) is 9.75. The van der Waals surface area contributed by atoms with Gasteiger partial charge < -0.3 is 15.5 Å². The van der Waals surface area contributed by atoms with Crippen LogP contribution in [0.25, 0.3) is 0 Å². The summed E-state index contributed by atoms with van der Waals surface area (Å²) in [6.45, 7) is 2.09. The highest BCUT2D eigenvalue weighted by Crippen LogP contribution is 2.30. The molecule has 1 saturated heterocycles. The zero-order valence-corrected chi connectivity index (χ0v) is 19.0. The maximum absolute atomic E-state index is 13.0. The lowest BCUT2D eigenvalue weighted by molar-refractivity contribution is -0.128. The summed E-state index contributed by atoms with van der Waals surface area (Å²) >= 11 is 6.08. The van der Waals surface area contributed by atoms with Crippen molar-refractivity contribution >= 4 is 45.0 Å². The first-order chi connectivity index (χ1) is 15.3. The lowest BCUT2D eigenvalue weighted by atomic mass is 9.99. The molecular weight excluding hydrogens is 452 g/mol. The molecule has 2 aliphatic rings. The third kappa shape index (κ3) is 4.35. The number of amidine groups is 1. The lowest BCUT2D eigenvalue weighted by Crippen LogP contribution is -2.52. The highest BCUT2D eigenvalue weighted by molar-refractivity contribution is 7.90. The first kappa shape index (κ1) is 22.3. The molecule has 1 atom stereocenters. The van der Waals surface area contributed by atoms with E-state index < -0.39 is 16.1 Å². The Hall–Kier alpha value is -2.91. The molecule has 2 aromatic carbocycles. The van der Waals surface area contributed by atoms with Gasteiger partial charge in [-0.25, -0.2) is 0 Å². The van der Waals surface area contributed by atoms with E-state index in [1.165, 1.54) is 6.07 Å². The molecule has 10 heteroatoms. The summed E-state index contributed by atoms with van der Waals surface area (Å²) in [5.74, 6) is -0.427. The molecule has 0 aliphatic carbocycles. The van der Waals surface area contributed by atoms with Gasteiger partial charge in [-0.2, -0.15) is 8.42 Å². The average Bonchev–Trinajstić information content (AvgIpc) is 3.06. The number of halogens is 1. The largest absolute Gasteiger partial charge is 0.345 e. The average molecular weight is 475 g/mol. The van der Waals surface area contributed by atoms with Crippen molar-refractivity contribution in [3.05, 3.63) is 58.6 Å². The van der Waals surface area contributed by atoms with Crippen molar-refractivity contribution in [3.8, 4) is 0 Å². The Balaban J connectivity index is 1.46. The highest BCUT2D eigenvalue weighted by Gasteiger charge is 2.37. The minimum absolute atomic E-state index is 0.149. The third-order valence-corrected chi connectivity index (χ3v) is 7.39. The van der Waals surface area contributed by atoms with Crippen LogP contribution in [0, 0.1) is 6.92 Å². The number of carbonyl (C=O) groups is 2. The van der Waals surface area contributed by atoms with E-state index in [2.05, 4.69) is 15.0 Å². The maximum Gasteiger partial charge on any atom is 0.285 e. The van der Waals surface area contributed by atoms with E-state index in [4.69, 9.17) is 11.6 Å². The van der Waals surface area contributed by atoms with Gasteiger partial charge >= 0.3 is 0 Å². The number of sulfonamides is 1. The van der Waals surface area contributed by atoms with Crippen LogP contribution < -0.4 is 10.6 Å². The Morgan fingerprint density at radius 2 is 1.94 bits per heavy atom. The van der Waals surface area contributed by atoms with E-state index in [1.807, 2.05) is 0 Å². The number of hydrogen-bond acceptors (Lipinski definition) is 5. The highest BCUT2D eigenvalue weighted by atomic mass is 35.5. The molecule has 168 valence electrons. The van der Waals surface area contributed by atoms with Crippen molar-refractivity contribution in [1.82, 2.24) is 10.2 Å². The van der Waals surface area contributed by atoms with E-state index in [-0.39, 0.29) is 23.3 Å². The fraction of sp³-hybridized carbons (Fsp3) is 0.318. The van der Waals surface area contributed by atoms with Gasteiger partial charge in [-0.1, -0.05) is 29.8 Å². The van der Waals surface area contributed by atoms with Crippen molar-refractivity contribution < 1.29 is 18.0 Å². The molecule has 2 aliphatic heterocycles.